The maximum atomic E-state index is 13.7. The maximum Gasteiger partial charge on any atom is 0.261 e. The highest BCUT2D eigenvalue weighted by Crippen LogP contribution is 2.29. The monoisotopic (exact) mass is 395 g/mol. The second-order valence-corrected chi connectivity index (χ2v) is 6.66. The Morgan fingerprint density at radius 3 is 2.50 bits per heavy atom. The number of hydrogen-bond acceptors (Lipinski definition) is 2. The molecule has 1 fully saturated rings. The molecule has 0 N–H and O–H groups in total. The molecule has 0 radical (unpaired) electrons. The van der Waals surface area contributed by atoms with Crippen LogP contribution < -0.4 is 4.74 Å². The molecule has 1 aliphatic rings. The van der Waals surface area contributed by atoms with Crippen LogP contribution in [0.3, 0.4) is 0 Å². The van der Waals surface area contributed by atoms with Gasteiger partial charge in [-0.2, -0.15) is 0 Å². The van der Waals surface area contributed by atoms with Crippen molar-refractivity contribution in [2.24, 2.45) is 0 Å². The standard InChI is InChI=1S/C18H16BrF2NO2/c19-13-3-8-17(16(21)9-13)24-11-18(23)22(15-6-7-15)10-12-1-4-14(20)5-2-12/h1-5,8-9,15H,6-7,10-11H2. The predicted octanol–water partition coefficient (Wildman–Crippen LogP) is 4.30. The lowest BCUT2D eigenvalue weighted by Crippen LogP contribution is -2.36. The van der Waals surface area contributed by atoms with Crippen LogP contribution in [0.25, 0.3) is 0 Å². The van der Waals surface area contributed by atoms with E-state index in [0.717, 1.165) is 18.4 Å². The van der Waals surface area contributed by atoms with E-state index in [2.05, 4.69) is 15.9 Å². The molecular weight excluding hydrogens is 380 g/mol. The van der Waals surface area contributed by atoms with Crippen LogP contribution >= 0.6 is 15.9 Å². The van der Waals surface area contributed by atoms with Crippen LogP contribution in [0, 0.1) is 11.6 Å². The summed E-state index contributed by atoms with van der Waals surface area (Å²) in [5.74, 6) is -0.987. The lowest BCUT2D eigenvalue weighted by Gasteiger charge is -2.22. The van der Waals surface area contributed by atoms with Gasteiger partial charge in [-0.15, -0.1) is 0 Å². The molecule has 3 nitrogen and oxygen atoms in total. The zero-order valence-electron chi connectivity index (χ0n) is 12.8. The van der Waals surface area contributed by atoms with Crippen LogP contribution in [0.15, 0.2) is 46.9 Å². The molecule has 2 aromatic rings. The molecule has 3 rings (SSSR count). The minimum Gasteiger partial charge on any atom is -0.481 e. The first-order chi connectivity index (χ1) is 11.5. The van der Waals surface area contributed by atoms with E-state index in [1.165, 1.54) is 24.3 Å². The first-order valence-corrected chi connectivity index (χ1v) is 8.44. The minimum absolute atomic E-state index is 0.0454. The largest absolute Gasteiger partial charge is 0.481 e. The van der Waals surface area contributed by atoms with E-state index in [1.54, 1.807) is 23.1 Å². The summed E-state index contributed by atoms with van der Waals surface area (Å²) in [7, 11) is 0. The highest BCUT2D eigenvalue weighted by Gasteiger charge is 2.32. The second kappa shape index (κ2) is 7.30. The fourth-order valence-electron chi connectivity index (χ4n) is 2.41. The minimum atomic E-state index is -0.520. The highest BCUT2D eigenvalue weighted by atomic mass is 79.9. The van der Waals surface area contributed by atoms with E-state index >= 15 is 0 Å². The number of hydrogen-bond donors (Lipinski definition) is 0. The Balaban J connectivity index is 1.63. The van der Waals surface area contributed by atoms with Gasteiger partial charge in [-0.25, -0.2) is 8.78 Å². The SMILES string of the molecule is O=C(COc1ccc(Br)cc1F)N(Cc1ccc(F)cc1)C1CC1. The van der Waals surface area contributed by atoms with Gasteiger partial charge in [-0.1, -0.05) is 28.1 Å². The topological polar surface area (TPSA) is 29.5 Å². The van der Waals surface area contributed by atoms with Gasteiger partial charge in [-0.3, -0.25) is 4.79 Å². The van der Waals surface area contributed by atoms with Gasteiger partial charge in [-0.05, 0) is 48.7 Å². The zero-order valence-corrected chi connectivity index (χ0v) is 14.4. The number of benzene rings is 2. The number of amides is 1. The molecule has 1 amide bonds. The summed E-state index contributed by atoms with van der Waals surface area (Å²) in [6, 6.07) is 10.7. The molecule has 2 aromatic carbocycles. The Hall–Kier alpha value is -1.95. The first kappa shape index (κ1) is 16.9. The molecule has 24 heavy (non-hydrogen) atoms. The van der Waals surface area contributed by atoms with Gasteiger partial charge < -0.3 is 9.64 Å². The molecule has 0 aromatic heterocycles. The quantitative estimate of drug-likeness (QED) is 0.729. The normalized spacial score (nSPS) is 13.6. The Morgan fingerprint density at radius 2 is 1.88 bits per heavy atom. The van der Waals surface area contributed by atoms with E-state index in [4.69, 9.17) is 4.74 Å². The molecule has 0 bridgehead atoms. The molecule has 0 heterocycles. The van der Waals surface area contributed by atoms with Crippen LogP contribution in [-0.4, -0.2) is 23.5 Å². The molecule has 0 unspecified atom stereocenters. The van der Waals surface area contributed by atoms with Crippen molar-refractivity contribution in [3.63, 3.8) is 0 Å². The number of nitrogens with zero attached hydrogens (tertiary/aromatic N) is 1. The van der Waals surface area contributed by atoms with Gasteiger partial charge in [0.05, 0.1) is 0 Å². The van der Waals surface area contributed by atoms with E-state index < -0.39 is 5.82 Å². The third-order valence-electron chi connectivity index (χ3n) is 3.82. The number of carbonyl (C=O) groups is 1. The number of rotatable bonds is 6. The van der Waals surface area contributed by atoms with Crippen LogP contribution in [0.5, 0.6) is 5.75 Å². The number of ether oxygens (including phenoxy) is 1. The summed E-state index contributed by atoms with van der Waals surface area (Å²) in [6.45, 7) is 0.173. The Morgan fingerprint density at radius 1 is 1.17 bits per heavy atom. The molecule has 0 aliphatic heterocycles. The van der Waals surface area contributed by atoms with Crippen LogP contribution in [0.2, 0.25) is 0 Å². The fraction of sp³-hybridized carbons (Fsp3) is 0.278. The molecule has 0 saturated heterocycles. The Kier molecular flexibility index (Phi) is 5.14. The highest BCUT2D eigenvalue weighted by molar-refractivity contribution is 9.10. The molecule has 0 atom stereocenters. The van der Waals surface area contributed by atoms with Gasteiger partial charge >= 0.3 is 0 Å². The molecule has 126 valence electrons. The molecule has 0 spiro atoms. The Labute approximate surface area is 147 Å². The summed E-state index contributed by atoms with van der Waals surface area (Å²) in [4.78, 5) is 14.2. The molecular formula is C18H16BrF2NO2. The number of carbonyl (C=O) groups excluding carboxylic acids is 1. The van der Waals surface area contributed by atoms with Gasteiger partial charge in [0, 0.05) is 17.1 Å². The van der Waals surface area contributed by atoms with Crippen LogP contribution in [0.1, 0.15) is 18.4 Å². The van der Waals surface area contributed by atoms with E-state index in [9.17, 15) is 13.6 Å². The van der Waals surface area contributed by atoms with Crippen molar-refractivity contribution >= 4 is 21.8 Å². The van der Waals surface area contributed by atoms with Crippen molar-refractivity contribution in [3.05, 3.63) is 64.1 Å². The smallest absolute Gasteiger partial charge is 0.261 e. The average molecular weight is 396 g/mol. The van der Waals surface area contributed by atoms with Gasteiger partial charge in [0.2, 0.25) is 0 Å². The van der Waals surface area contributed by atoms with Gasteiger partial charge in [0.15, 0.2) is 18.2 Å². The van der Waals surface area contributed by atoms with E-state index in [-0.39, 0.29) is 30.1 Å². The fourth-order valence-corrected chi connectivity index (χ4v) is 2.74. The van der Waals surface area contributed by atoms with Crippen molar-refractivity contribution in [1.82, 2.24) is 4.90 Å². The van der Waals surface area contributed by atoms with Crippen LogP contribution in [0.4, 0.5) is 8.78 Å². The summed E-state index contributed by atoms with van der Waals surface area (Å²) in [5.41, 5.74) is 0.853. The lowest BCUT2D eigenvalue weighted by atomic mass is 10.2. The molecule has 6 heteroatoms. The second-order valence-electron chi connectivity index (χ2n) is 5.74. The average Bonchev–Trinajstić information content (AvgIpc) is 3.38. The summed E-state index contributed by atoms with van der Waals surface area (Å²) in [5, 5.41) is 0. The maximum absolute atomic E-state index is 13.7. The van der Waals surface area contributed by atoms with Gasteiger partial charge in [0.25, 0.3) is 5.91 Å². The van der Waals surface area contributed by atoms with Crippen LogP contribution in [-0.2, 0) is 11.3 Å². The zero-order chi connectivity index (χ0) is 17.1. The molecule has 1 saturated carbocycles. The van der Waals surface area contributed by atoms with Crippen molar-refractivity contribution in [1.29, 1.82) is 0 Å². The summed E-state index contributed by atoms with van der Waals surface area (Å²) >= 11 is 3.17. The van der Waals surface area contributed by atoms with Gasteiger partial charge in [0.1, 0.15) is 5.82 Å². The summed E-state index contributed by atoms with van der Waals surface area (Å²) in [6.07, 6.45) is 1.89. The van der Waals surface area contributed by atoms with Crippen molar-refractivity contribution in [3.8, 4) is 5.75 Å². The van der Waals surface area contributed by atoms with Crippen molar-refractivity contribution in [2.45, 2.75) is 25.4 Å². The third kappa shape index (κ3) is 4.32. The van der Waals surface area contributed by atoms with Crippen molar-refractivity contribution in [2.75, 3.05) is 6.61 Å². The number of halogens is 3. The third-order valence-corrected chi connectivity index (χ3v) is 4.31. The van der Waals surface area contributed by atoms with E-state index in [1.807, 2.05) is 0 Å². The van der Waals surface area contributed by atoms with Crippen molar-refractivity contribution < 1.29 is 18.3 Å². The van der Waals surface area contributed by atoms with E-state index in [0.29, 0.717) is 11.0 Å². The summed E-state index contributed by atoms with van der Waals surface area (Å²) < 4.78 is 32.7. The lowest BCUT2D eigenvalue weighted by molar-refractivity contribution is -0.134. The Bertz CT molecular complexity index is 732. The predicted molar refractivity (Wildman–Crippen MR) is 89.6 cm³/mol. The molecule has 1 aliphatic carbocycles. The first-order valence-electron chi connectivity index (χ1n) is 7.64.